The molecule has 1 saturated carbocycles. The number of rotatable bonds is 3. The molecule has 0 amide bonds. The van der Waals surface area contributed by atoms with E-state index < -0.39 is 0 Å². The molecule has 2 fully saturated rings. The minimum Gasteiger partial charge on any atom is -0.314 e. The molecule has 1 saturated heterocycles. The van der Waals surface area contributed by atoms with Gasteiger partial charge in [0.2, 0.25) is 0 Å². The Morgan fingerprint density at radius 1 is 0.833 bits per heavy atom. The number of hydrogen-bond donors (Lipinski definition) is 1. The van der Waals surface area contributed by atoms with Crippen molar-refractivity contribution in [3.05, 3.63) is 60.2 Å². The van der Waals surface area contributed by atoms with Crippen molar-refractivity contribution >= 4 is 21.5 Å². The zero-order chi connectivity index (χ0) is 15.9. The van der Waals surface area contributed by atoms with Crippen LogP contribution in [0.2, 0.25) is 0 Å². The number of nitrogens with one attached hydrogen (secondary N) is 1. The number of hydrogen-bond acceptors (Lipinski definition) is 2. The molecule has 3 aromatic carbocycles. The molecule has 1 aliphatic heterocycles. The highest BCUT2D eigenvalue weighted by molar-refractivity contribution is 6.09. The zero-order valence-electron chi connectivity index (χ0n) is 14.0. The van der Waals surface area contributed by atoms with Crippen LogP contribution >= 0.6 is 0 Å². The molecule has 24 heavy (non-hydrogen) atoms. The molecule has 2 nitrogen and oxygen atoms in total. The van der Waals surface area contributed by atoms with E-state index in [0.29, 0.717) is 6.04 Å². The van der Waals surface area contributed by atoms with E-state index in [2.05, 4.69) is 64.8 Å². The Balaban J connectivity index is 1.73. The van der Waals surface area contributed by atoms with E-state index in [1.54, 1.807) is 5.56 Å². The van der Waals surface area contributed by atoms with E-state index in [4.69, 9.17) is 0 Å². The second-order valence-electron chi connectivity index (χ2n) is 7.30. The number of benzene rings is 3. The molecule has 1 N–H and O–H groups in total. The average molecular weight is 316 g/mol. The molecule has 5 rings (SSSR count). The van der Waals surface area contributed by atoms with Crippen molar-refractivity contribution in [3.63, 3.8) is 0 Å². The Bertz CT molecular complexity index is 875. The van der Waals surface area contributed by atoms with E-state index in [9.17, 15) is 0 Å². The number of nitrogens with zero attached hydrogens (tertiary/aromatic N) is 1. The molecule has 0 bridgehead atoms. The molecule has 1 aliphatic carbocycles. The maximum absolute atomic E-state index is 3.51. The van der Waals surface area contributed by atoms with Crippen molar-refractivity contribution in [3.8, 4) is 0 Å². The first-order valence-electron chi connectivity index (χ1n) is 9.27. The standard InChI is InChI=1S/C22H24N2/c1-2-6-18-17(5-1)15-21(20-8-4-3-7-19(18)20)22(16-9-10-16)24-13-11-23-12-14-24/h1-8,15-16,22-23H,9-14H2/t22-/m0/s1. The van der Waals surface area contributed by atoms with Gasteiger partial charge in [-0.25, -0.2) is 0 Å². The van der Waals surface area contributed by atoms with Crippen molar-refractivity contribution in [1.82, 2.24) is 10.2 Å². The molecule has 2 heteroatoms. The second kappa shape index (κ2) is 5.87. The Kier molecular flexibility index (Phi) is 3.53. The van der Waals surface area contributed by atoms with Gasteiger partial charge in [0.05, 0.1) is 0 Å². The topological polar surface area (TPSA) is 15.3 Å². The smallest absolute Gasteiger partial charge is 0.0383 e. The third kappa shape index (κ3) is 2.42. The molecular formula is C22H24N2. The van der Waals surface area contributed by atoms with E-state index in [-0.39, 0.29) is 0 Å². The summed E-state index contributed by atoms with van der Waals surface area (Å²) < 4.78 is 0. The quantitative estimate of drug-likeness (QED) is 0.723. The van der Waals surface area contributed by atoms with Gasteiger partial charge in [0.1, 0.15) is 0 Å². The lowest BCUT2D eigenvalue weighted by Crippen LogP contribution is -2.45. The van der Waals surface area contributed by atoms with Gasteiger partial charge in [-0.15, -0.1) is 0 Å². The van der Waals surface area contributed by atoms with Crippen LogP contribution in [0, 0.1) is 5.92 Å². The normalized spacial score (nSPS) is 20.5. The fourth-order valence-electron chi connectivity index (χ4n) is 4.45. The Morgan fingerprint density at radius 2 is 1.50 bits per heavy atom. The highest BCUT2D eigenvalue weighted by Gasteiger charge is 2.37. The zero-order valence-corrected chi connectivity index (χ0v) is 14.0. The summed E-state index contributed by atoms with van der Waals surface area (Å²) in [6.45, 7) is 4.58. The van der Waals surface area contributed by atoms with Crippen molar-refractivity contribution < 1.29 is 0 Å². The Hall–Kier alpha value is -1.90. The van der Waals surface area contributed by atoms with E-state index >= 15 is 0 Å². The molecule has 0 aromatic heterocycles. The minimum absolute atomic E-state index is 0.585. The van der Waals surface area contributed by atoms with Gasteiger partial charge in [0.15, 0.2) is 0 Å². The predicted molar refractivity (Wildman–Crippen MR) is 101 cm³/mol. The highest BCUT2D eigenvalue weighted by Crippen LogP contribution is 2.47. The van der Waals surface area contributed by atoms with Gasteiger partial charge < -0.3 is 5.32 Å². The van der Waals surface area contributed by atoms with Crippen molar-refractivity contribution in [2.75, 3.05) is 26.2 Å². The summed E-state index contributed by atoms with van der Waals surface area (Å²) in [6.07, 6.45) is 2.77. The predicted octanol–water partition coefficient (Wildman–Crippen LogP) is 4.35. The molecule has 3 aromatic rings. The van der Waals surface area contributed by atoms with Gasteiger partial charge in [-0.3, -0.25) is 4.90 Å². The first-order valence-corrected chi connectivity index (χ1v) is 9.27. The first-order chi connectivity index (χ1) is 11.9. The van der Waals surface area contributed by atoms with Crippen LogP contribution in [0.1, 0.15) is 24.4 Å². The maximum Gasteiger partial charge on any atom is 0.0383 e. The average Bonchev–Trinajstić information content (AvgIpc) is 3.48. The number of fused-ring (bicyclic) bond motifs is 3. The lowest BCUT2D eigenvalue weighted by atomic mass is 9.90. The molecule has 1 heterocycles. The van der Waals surface area contributed by atoms with Crippen LogP contribution in [0.5, 0.6) is 0 Å². The van der Waals surface area contributed by atoms with Gasteiger partial charge in [0.25, 0.3) is 0 Å². The Labute approximate surface area is 143 Å². The van der Waals surface area contributed by atoms with Crippen LogP contribution in [0.25, 0.3) is 21.5 Å². The van der Waals surface area contributed by atoms with Crippen molar-refractivity contribution in [1.29, 1.82) is 0 Å². The molecule has 1 atom stereocenters. The van der Waals surface area contributed by atoms with Crippen LogP contribution < -0.4 is 5.32 Å². The van der Waals surface area contributed by atoms with E-state index in [0.717, 1.165) is 19.0 Å². The fourth-order valence-corrected chi connectivity index (χ4v) is 4.45. The van der Waals surface area contributed by atoms with Crippen LogP contribution in [0.4, 0.5) is 0 Å². The van der Waals surface area contributed by atoms with E-state index in [1.165, 1.54) is 47.5 Å². The lowest BCUT2D eigenvalue weighted by Gasteiger charge is -2.36. The SMILES string of the molecule is c1ccc2c(c1)cc([C@H](C1CC1)N1CCNCC1)c1ccccc12. The third-order valence-corrected chi connectivity index (χ3v) is 5.73. The van der Waals surface area contributed by atoms with Crippen molar-refractivity contribution in [2.24, 2.45) is 5.92 Å². The maximum atomic E-state index is 3.51. The molecule has 122 valence electrons. The highest BCUT2D eigenvalue weighted by atomic mass is 15.2. The van der Waals surface area contributed by atoms with Crippen molar-refractivity contribution in [2.45, 2.75) is 18.9 Å². The summed E-state index contributed by atoms with van der Waals surface area (Å²) in [6, 6.07) is 20.9. The second-order valence-corrected chi connectivity index (χ2v) is 7.30. The van der Waals surface area contributed by atoms with Crippen LogP contribution in [0.3, 0.4) is 0 Å². The molecule has 0 radical (unpaired) electrons. The minimum atomic E-state index is 0.585. The lowest BCUT2D eigenvalue weighted by molar-refractivity contribution is 0.157. The third-order valence-electron chi connectivity index (χ3n) is 5.73. The Morgan fingerprint density at radius 3 is 2.25 bits per heavy atom. The van der Waals surface area contributed by atoms with Gasteiger partial charge in [-0.1, -0.05) is 48.5 Å². The summed E-state index contributed by atoms with van der Waals surface area (Å²) >= 11 is 0. The van der Waals surface area contributed by atoms with Crippen LogP contribution in [0.15, 0.2) is 54.6 Å². The van der Waals surface area contributed by atoms with Gasteiger partial charge in [0, 0.05) is 32.2 Å². The molecule has 2 aliphatic rings. The molecule has 0 unspecified atom stereocenters. The van der Waals surface area contributed by atoms with Gasteiger partial charge in [-0.2, -0.15) is 0 Å². The summed E-state index contributed by atoms with van der Waals surface area (Å²) in [4.78, 5) is 2.73. The largest absolute Gasteiger partial charge is 0.314 e. The van der Waals surface area contributed by atoms with E-state index in [1.807, 2.05) is 0 Å². The fraction of sp³-hybridized carbons (Fsp3) is 0.364. The molecular weight excluding hydrogens is 292 g/mol. The summed E-state index contributed by atoms with van der Waals surface area (Å²) in [5, 5.41) is 9.13. The van der Waals surface area contributed by atoms with Gasteiger partial charge >= 0.3 is 0 Å². The summed E-state index contributed by atoms with van der Waals surface area (Å²) in [5.41, 5.74) is 1.55. The summed E-state index contributed by atoms with van der Waals surface area (Å²) in [7, 11) is 0. The van der Waals surface area contributed by atoms with Crippen LogP contribution in [-0.2, 0) is 0 Å². The molecule has 0 spiro atoms. The van der Waals surface area contributed by atoms with Gasteiger partial charge in [-0.05, 0) is 51.9 Å². The first kappa shape index (κ1) is 14.4. The summed E-state index contributed by atoms with van der Waals surface area (Å²) in [5.74, 6) is 0.840. The number of piperazine rings is 1. The monoisotopic (exact) mass is 316 g/mol. The van der Waals surface area contributed by atoms with Crippen LogP contribution in [-0.4, -0.2) is 31.1 Å².